The number of methoxy groups -OCH3 is 1. The molecule has 0 amide bonds. The lowest BCUT2D eigenvalue weighted by Gasteiger charge is -2.18. The zero-order chi connectivity index (χ0) is 11.6. The number of hydrogen-bond donors (Lipinski definition) is 1. The summed E-state index contributed by atoms with van der Waals surface area (Å²) in [7, 11) is 1.55. The minimum Gasteiger partial charge on any atom is -0.496 e. The number of rotatable bonds is 2. The fourth-order valence-corrected chi connectivity index (χ4v) is 1.31. The first-order valence-electron chi connectivity index (χ1n) is 4.84. The molecule has 82 valence electrons. The van der Waals surface area contributed by atoms with Crippen LogP contribution in [0.2, 0.25) is 0 Å². The Hall–Kier alpha value is -1.51. The van der Waals surface area contributed by atoms with Gasteiger partial charge in [0, 0.05) is 11.1 Å². The van der Waals surface area contributed by atoms with Gasteiger partial charge in [-0.1, -0.05) is 20.8 Å². The molecule has 1 aromatic carbocycles. The maximum Gasteiger partial charge on any atom is 0.171 e. The molecule has 1 aromatic rings. The highest BCUT2D eigenvalue weighted by atomic mass is 16.5. The number of carbonyl (C=O) groups excluding carboxylic acids is 1. The van der Waals surface area contributed by atoms with Gasteiger partial charge in [-0.3, -0.25) is 4.79 Å². The van der Waals surface area contributed by atoms with E-state index in [4.69, 9.17) is 10.5 Å². The highest BCUT2D eigenvalue weighted by molar-refractivity contribution is 6.02. The third-order valence-electron chi connectivity index (χ3n) is 2.15. The quantitative estimate of drug-likeness (QED) is 0.598. The summed E-state index contributed by atoms with van der Waals surface area (Å²) in [6.45, 7) is 5.62. The molecule has 3 nitrogen and oxygen atoms in total. The van der Waals surface area contributed by atoms with Gasteiger partial charge in [-0.05, 0) is 18.2 Å². The van der Waals surface area contributed by atoms with Gasteiger partial charge in [0.25, 0.3) is 0 Å². The van der Waals surface area contributed by atoms with Crippen LogP contribution in [0.15, 0.2) is 18.2 Å². The number of hydrogen-bond acceptors (Lipinski definition) is 3. The van der Waals surface area contributed by atoms with E-state index < -0.39 is 5.41 Å². The second-order valence-electron chi connectivity index (χ2n) is 4.54. The van der Waals surface area contributed by atoms with Crippen LogP contribution in [0.3, 0.4) is 0 Å². The fraction of sp³-hybridized carbons (Fsp3) is 0.417. The summed E-state index contributed by atoms with van der Waals surface area (Å²) in [6, 6.07) is 5.10. The van der Waals surface area contributed by atoms with Gasteiger partial charge in [-0.25, -0.2) is 0 Å². The normalized spacial score (nSPS) is 11.2. The third kappa shape index (κ3) is 2.49. The third-order valence-corrected chi connectivity index (χ3v) is 2.15. The molecule has 15 heavy (non-hydrogen) atoms. The van der Waals surface area contributed by atoms with Crippen molar-refractivity contribution in [2.45, 2.75) is 20.8 Å². The smallest absolute Gasteiger partial charge is 0.171 e. The topological polar surface area (TPSA) is 52.3 Å². The van der Waals surface area contributed by atoms with Crippen molar-refractivity contribution in [1.29, 1.82) is 0 Å². The van der Waals surface area contributed by atoms with E-state index in [2.05, 4.69) is 0 Å². The van der Waals surface area contributed by atoms with Crippen LogP contribution in [0.5, 0.6) is 5.75 Å². The average molecular weight is 207 g/mol. The molecule has 1 rings (SSSR count). The Morgan fingerprint density at radius 3 is 2.40 bits per heavy atom. The van der Waals surface area contributed by atoms with Crippen molar-refractivity contribution in [2.24, 2.45) is 5.41 Å². The van der Waals surface area contributed by atoms with Crippen molar-refractivity contribution < 1.29 is 9.53 Å². The molecule has 0 unspecified atom stereocenters. The van der Waals surface area contributed by atoms with E-state index >= 15 is 0 Å². The monoisotopic (exact) mass is 207 g/mol. The number of nitrogens with two attached hydrogens (primary N) is 1. The largest absolute Gasteiger partial charge is 0.496 e. The van der Waals surface area contributed by atoms with E-state index in [0.717, 1.165) is 0 Å². The van der Waals surface area contributed by atoms with Gasteiger partial charge in [-0.15, -0.1) is 0 Å². The van der Waals surface area contributed by atoms with Gasteiger partial charge in [0.1, 0.15) is 5.75 Å². The Morgan fingerprint density at radius 1 is 1.33 bits per heavy atom. The highest BCUT2D eigenvalue weighted by Crippen LogP contribution is 2.28. The van der Waals surface area contributed by atoms with Crippen LogP contribution < -0.4 is 10.5 Å². The van der Waals surface area contributed by atoms with E-state index in [0.29, 0.717) is 17.0 Å². The summed E-state index contributed by atoms with van der Waals surface area (Å²) < 4.78 is 5.14. The number of Topliss-reactive ketones (excluding diaryl/α,β-unsaturated/α-hetero) is 1. The second-order valence-corrected chi connectivity index (χ2v) is 4.54. The predicted octanol–water partition coefficient (Wildman–Crippen LogP) is 2.51. The van der Waals surface area contributed by atoms with Crippen molar-refractivity contribution in [1.82, 2.24) is 0 Å². The van der Waals surface area contributed by atoms with Crippen molar-refractivity contribution in [3.63, 3.8) is 0 Å². The lowest BCUT2D eigenvalue weighted by Crippen LogP contribution is -2.21. The van der Waals surface area contributed by atoms with Gasteiger partial charge >= 0.3 is 0 Å². The van der Waals surface area contributed by atoms with Gasteiger partial charge < -0.3 is 10.5 Å². The molecular formula is C12H17NO2. The summed E-state index contributed by atoms with van der Waals surface area (Å²) >= 11 is 0. The number of anilines is 1. The molecule has 0 aliphatic rings. The summed E-state index contributed by atoms with van der Waals surface area (Å²) in [4.78, 5) is 12.1. The molecule has 0 saturated heterocycles. The first-order chi connectivity index (χ1) is 6.86. The molecule has 0 heterocycles. The van der Waals surface area contributed by atoms with E-state index in [1.807, 2.05) is 20.8 Å². The maximum absolute atomic E-state index is 12.1. The van der Waals surface area contributed by atoms with Gasteiger partial charge in [-0.2, -0.15) is 0 Å². The number of benzene rings is 1. The zero-order valence-electron chi connectivity index (χ0n) is 9.63. The van der Waals surface area contributed by atoms with E-state index in [-0.39, 0.29) is 5.78 Å². The van der Waals surface area contributed by atoms with Gasteiger partial charge in [0.05, 0.1) is 12.7 Å². The summed E-state index contributed by atoms with van der Waals surface area (Å²) in [5, 5.41) is 0. The fourth-order valence-electron chi connectivity index (χ4n) is 1.31. The van der Waals surface area contributed by atoms with E-state index in [1.165, 1.54) is 0 Å². The Balaban J connectivity index is 3.23. The molecule has 3 heteroatoms. The van der Waals surface area contributed by atoms with Gasteiger partial charge in [0.2, 0.25) is 0 Å². The lowest BCUT2D eigenvalue weighted by atomic mass is 9.86. The number of carbonyl (C=O) groups is 1. The Kier molecular flexibility index (Phi) is 3.03. The molecule has 0 fully saturated rings. The van der Waals surface area contributed by atoms with Crippen molar-refractivity contribution in [2.75, 3.05) is 12.8 Å². The molecule has 0 aliphatic heterocycles. The SMILES string of the molecule is COc1ccc(N)cc1C(=O)C(C)(C)C. The summed E-state index contributed by atoms with van der Waals surface area (Å²) in [5.74, 6) is 0.607. The standard InChI is InChI=1S/C12H17NO2/c1-12(2,3)11(14)9-7-8(13)5-6-10(9)15-4/h5-7H,13H2,1-4H3. The second kappa shape index (κ2) is 3.93. The van der Waals surface area contributed by atoms with Crippen molar-refractivity contribution in [3.8, 4) is 5.75 Å². The molecule has 0 bridgehead atoms. The Labute approximate surface area is 90.2 Å². The number of ether oxygens (including phenoxy) is 1. The Morgan fingerprint density at radius 2 is 1.93 bits per heavy atom. The van der Waals surface area contributed by atoms with Crippen LogP contribution in [0.1, 0.15) is 31.1 Å². The minimum absolute atomic E-state index is 0.0339. The van der Waals surface area contributed by atoms with Crippen LogP contribution in [0.25, 0.3) is 0 Å². The van der Waals surface area contributed by atoms with E-state index in [1.54, 1.807) is 25.3 Å². The van der Waals surface area contributed by atoms with Crippen LogP contribution in [0.4, 0.5) is 5.69 Å². The summed E-state index contributed by atoms with van der Waals surface area (Å²) in [6.07, 6.45) is 0. The van der Waals surface area contributed by atoms with E-state index in [9.17, 15) is 4.79 Å². The van der Waals surface area contributed by atoms with Crippen LogP contribution in [0, 0.1) is 5.41 Å². The first-order valence-corrected chi connectivity index (χ1v) is 4.84. The number of ketones is 1. The van der Waals surface area contributed by atoms with Crippen LogP contribution in [-0.2, 0) is 0 Å². The minimum atomic E-state index is -0.429. The molecule has 0 aromatic heterocycles. The summed E-state index contributed by atoms with van der Waals surface area (Å²) in [5.41, 5.74) is 6.34. The van der Waals surface area contributed by atoms with Crippen LogP contribution in [-0.4, -0.2) is 12.9 Å². The average Bonchev–Trinajstić information content (AvgIpc) is 2.15. The molecule has 0 spiro atoms. The Bertz CT molecular complexity index is 378. The molecular weight excluding hydrogens is 190 g/mol. The first kappa shape index (κ1) is 11.6. The van der Waals surface area contributed by atoms with Crippen molar-refractivity contribution in [3.05, 3.63) is 23.8 Å². The van der Waals surface area contributed by atoms with Crippen LogP contribution >= 0.6 is 0 Å². The number of nitrogen functional groups attached to an aromatic ring is 1. The molecule has 0 saturated carbocycles. The highest BCUT2D eigenvalue weighted by Gasteiger charge is 2.25. The molecule has 0 radical (unpaired) electrons. The molecule has 2 N–H and O–H groups in total. The predicted molar refractivity (Wildman–Crippen MR) is 61.2 cm³/mol. The molecule has 0 aliphatic carbocycles. The molecule has 0 atom stereocenters. The van der Waals surface area contributed by atoms with Crippen molar-refractivity contribution >= 4 is 11.5 Å². The van der Waals surface area contributed by atoms with Gasteiger partial charge in [0.15, 0.2) is 5.78 Å². The maximum atomic E-state index is 12.1. The zero-order valence-corrected chi connectivity index (χ0v) is 9.63. The lowest BCUT2D eigenvalue weighted by molar-refractivity contribution is 0.0855.